The minimum atomic E-state index is -0.661. The van der Waals surface area contributed by atoms with E-state index in [-0.39, 0.29) is 11.8 Å². The second kappa shape index (κ2) is 6.58. The maximum atomic E-state index is 12.5. The van der Waals surface area contributed by atoms with Crippen molar-refractivity contribution in [3.05, 3.63) is 35.4 Å². The molecule has 0 N–H and O–H groups in total. The average Bonchev–Trinajstić information content (AvgIpc) is 2.71. The van der Waals surface area contributed by atoms with Crippen LogP contribution in [0.3, 0.4) is 0 Å². The van der Waals surface area contributed by atoms with E-state index in [1.54, 1.807) is 24.3 Å². The largest absolute Gasteiger partial charge is 0.379 e. The van der Waals surface area contributed by atoms with Gasteiger partial charge in [-0.15, -0.1) is 0 Å². The zero-order valence-corrected chi connectivity index (χ0v) is 13.8. The third-order valence-electron chi connectivity index (χ3n) is 3.75. The molecular weight excluding hydrogens is 280 g/mol. The van der Waals surface area contributed by atoms with E-state index in [4.69, 9.17) is 4.74 Å². The lowest BCUT2D eigenvalue weighted by Crippen LogP contribution is -2.50. The third-order valence-corrected chi connectivity index (χ3v) is 3.75. The maximum absolute atomic E-state index is 12.5. The van der Waals surface area contributed by atoms with Crippen LogP contribution in [0, 0.1) is 0 Å². The molecule has 2 amide bonds. The Morgan fingerprint density at radius 1 is 1.09 bits per heavy atom. The van der Waals surface area contributed by atoms with Gasteiger partial charge in [-0.1, -0.05) is 12.1 Å². The Labute approximate surface area is 131 Å². The van der Waals surface area contributed by atoms with Crippen LogP contribution in [0.15, 0.2) is 24.3 Å². The first-order valence-corrected chi connectivity index (χ1v) is 7.55. The number of benzene rings is 1. The summed E-state index contributed by atoms with van der Waals surface area (Å²) in [5.41, 5.74) is 0.298. The molecule has 0 saturated heterocycles. The first kappa shape index (κ1) is 16.6. The summed E-state index contributed by atoms with van der Waals surface area (Å²) in [7, 11) is 4.03. The Balaban J connectivity index is 1.99. The van der Waals surface area contributed by atoms with Crippen LogP contribution in [0.25, 0.3) is 0 Å². The zero-order chi connectivity index (χ0) is 16.3. The van der Waals surface area contributed by atoms with Crippen molar-refractivity contribution in [3.63, 3.8) is 0 Å². The molecule has 1 aliphatic heterocycles. The van der Waals surface area contributed by atoms with Gasteiger partial charge in [0, 0.05) is 6.61 Å². The maximum Gasteiger partial charge on any atom is 0.262 e. The van der Waals surface area contributed by atoms with E-state index in [0.29, 0.717) is 24.3 Å². The number of carbonyl (C=O) groups excluding carboxylic acids is 2. The molecular formula is C17H24N2O3. The average molecular weight is 304 g/mol. The molecule has 0 bridgehead atoms. The van der Waals surface area contributed by atoms with E-state index in [1.807, 2.05) is 27.9 Å². The molecule has 0 saturated carbocycles. The summed E-state index contributed by atoms with van der Waals surface area (Å²) in [4.78, 5) is 28.4. The van der Waals surface area contributed by atoms with E-state index in [9.17, 15) is 9.59 Å². The van der Waals surface area contributed by atoms with Gasteiger partial charge in [0.1, 0.15) is 0 Å². The van der Waals surface area contributed by atoms with Crippen LogP contribution in [-0.2, 0) is 4.74 Å². The number of hydrogen-bond donors (Lipinski definition) is 0. The molecule has 0 atom stereocenters. The van der Waals surface area contributed by atoms with Gasteiger partial charge in [0.05, 0.1) is 23.3 Å². The van der Waals surface area contributed by atoms with Gasteiger partial charge in [0.2, 0.25) is 0 Å². The highest BCUT2D eigenvalue weighted by atomic mass is 16.5. The molecule has 0 unspecified atom stereocenters. The van der Waals surface area contributed by atoms with Gasteiger partial charge < -0.3 is 9.64 Å². The quantitative estimate of drug-likeness (QED) is 0.571. The molecule has 120 valence electrons. The van der Waals surface area contributed by atoms with Gasteiger partial charge in [-0.25, -0.2) is 0 Å². The molecule has 0 aromatic heterocycles. The van der Waals surface area contributed by atoms with Crippen LogP contribution in [0.1, 0.15) is 41.0 Å². The topological polar surface area (TPSA) is 49.9 Å². The smallest absolute Gasteiger partial charge is 0.262 e. The molecule has 1 aromatic carbocycles. The SMILES string of the molecule is CN(C)CCCOCC(C)(C)N1C(=O)c2ccccc2C1=O. The summed E-state index contributed by atoms with van der Waals surface area (Å²) in [6, 6.07) is 6.95. The standard InChI is InChI=1S/C17H24N2O3/c1-17(2,12-22-11-7-10-18(3)4)19-15(20)13-8-5-6-9-14(13)16(19)21/h5-6,8-9H,7,10-12H2,1-4H3. The van der Waals surface area contributed by atoms with Gasteiger partial charge in [-0.3, -0.25) is 14.5 Å². The lowest BCUT2D eigenvalue weighted by molar-refractivity contribution is 0.0150. The van der Waals surface area contributed by atoms with E-state index in [0.717, 1.165) is 13.0 Å². The molecule has 0 radical (unpaired) electrons. The molecule has 1 aromatic rings. The number of hydrogen-bond acceptors (Lipinski definition) is 4. The predicted molar refractivity (Wildman–Crippen MR) is 85.0 cm³/mol. The fraction of sp³-hybridized carbons (Fsp3) is 0.529. The first-order chi connectivity index (χ1) is 10.3. The van der Waals surface area contributed by atoms with Crippen LogP contribution in [-0.4, -0.2) is 61.0 Å². The second-order valence-corrected chi connectivity index (χ2v) is 6.51. The van der Waals surface area contributed by atoms with E-state index < -0.39 is 5.54 Å². The van der Waals surface area contributed by atoms with Crippen molar-refractivity contribution in [1.29, 1.82) is 0 Å². The van der Waals surface area contributed by atoms with Crippen molar-refractivity contribution < 1.29 is 14.3 Å². The van der Waals surface area contributed by atoms with Gasteiger partial charge in [-0.2, -0.15) is 0 Å². The highest BCUT2D eigenvalue weighted by Gasteiger charge is 2.43. The molecule has 5 nitrogen and oxygen atoms in total. The number of carbonyl (C=O) groups is 2. The highest BCUT2D eigenvalue weighted by Crippen LogP contribution is 2.29. The second-order valence-electron chi connectivity index (χ2n) is 6.51. The molecule has 0 aliphatic carbocycles. The number of imide groups is 1. The third kappa shape index (κ3) is 3.36. The monoisotopic (exact) mass is 304 g/mol. The van der Waals surface area contributed by atoms with Gasteiger partial charge in [0.15, 0.2) is 0 Å². The van der Waals surface area contributed by atoms with Crippen LogP contribution < -0.4 is 0 Å². The Morgan fingerprint density at radius 3 is 2.14 bits per heavy atom. The van der Waals surface area contributed by atoms with Crippen LogP contribution in [0.5, 0.6) is 0 Å². The van der Waals surface area contributed by atoms with Crippen molar-refractivity contribution in [2.24, 2.45) is 0 Å². The normalized spacial score (nSPS) is 14.9. The summed E-state index contributed by atoms with van der Waals surface area (Å²) in [6.45, 7) is 5.63. The number of fused-ring (bicyclic) bond motifs is 1. The minimum absolute atomic E-state index is 0.234. The number of nitrogens with zero attached hydrogens (tertiary/aromatic N) is 2. The molecule has 1 aliphatic rings. The fourth-order valence-corrected chi connectivity index (χ4v) is 2.61. The molecule has 0 fully saturated rings. The summed E-state index contributed by atoms with van der Waals surface area (Å²) >= 11 is 0. The van der Waals surface area contributed by atoms with Crippen LogP contribution in [0.4, 0.5) is 0 Å². The molecule has 2 rings (SSSR count). The van der Waals surface area contributed by atoms with Crippen molar-refractivity contribution in [2.45, 2.75) is 25.8 Å². The summed E-state index contributed by atoms with van der Waals surface area (Å²) in [6.07, 6.45) is 0.922. The minimum Gasteiger partial charge on any atom is -0.379 e. The summed E-state index contributed by atoms with van der Waals surface area (Å²) in [5, 5.41) is 0. The van der Waals surface area contributed by atoms with Crippen molar-refractivity contribution in [1.82, 2.24) is 9.80 Å². The van der Waals surface area contributed by atoms with Crippen molar-refractivity contribution >= 4 is 11.8 Å². The Bertz CT molecular complexity index is 532. The lowest BCUT2D eigenvalue weighted by atomic mass is 10.0. The van der Waals surface area contributed by atoms with E-state index in [1.165, 1.54) is 4.90 Å². The predicted octanol–water partition coefficient (Wildman–Crippen LogP) is 2.03. The molecule has 22 heavy (non-hydrogen) atoms. The van der Waals surface area contributed by atoms with Crippen LogP contribution >= 0.6 is 0 Å². The summed E-state index contributed by atoms with van der Waals surface area (Å²) < 4.78 is 5.68. The molecule has 5 heteroatoms. The van der Waals surface area contributed by atoms with Gasteiger partial charge in [-0.05, 0) is 53.0 Å². The first-order valence-electron chi connectivity index (χ1n) is 7.55. The van der Waals surface area contributed by atoms with Crippen molar-refractivity contribution in [3.8, 4) is 0 Å². The van der Waals surface area contributed by atoms with Gasteiger partial charge in [0.25, 0.3) is 11.8 Å². The summed E-state index contributed by atoms with van der Waals surface area (Å²) in [5.74, 6) is -0.468. The Morgan fingerprint density at radius 2 is 1.64 bits per heavy atom. The Kier molecular flexibility index (Phi) is 4.98. The van der Waals surface area contributed by atoms with Gasteiger partial charge >= 0.3 is 0 Å². The fourth-order valence-electron chi connectivity index (χ4n) is 2.61. The highest BCUT2D eigenvalue weighted by molar-refractivity contribution is 6.21. The lowest BCUT2D eigenvalue weighted by Gasteiger charge is -2.33. The number of amides is 2. The van der Waals surface area contributed by atoms with E-state index >= 15 is 0 Å². The van der Waals surface area contributed by atoms with Crippen molar-refractivity contribution in [2.75, 3.05) is 33.9 Å². The van der Waals surface area contributed by atoms with Crippen LogP contribution in [0.2, 0.25) is 0 Å². The Hall–Kier alpha value is -1.72. The molecule has 0 spiro atoms. The number of rotatable bonds is 7. The molecule has 1 heterocycles. The zero-order valence-electron chi connectivity index (χ0n) is 13.8. The number of ether oxygens (including phenoxy) is 1. The van der Waals surface area contributed by atoms with E-state index in [2.05, 4.69) is 4.90 Å².